The number of para-hydroxylation sites is 2. The molecule has 0 bridgehead atoms. The molecule has 12 heteroatoms. The quantitative estimate of drug-likeness (QED) is 0.374. The van der Waals surface area contributed by atoms with Crippen LogP contribution in [0.2, 0.25) is 0 Å². The number of hydrazone groups is 2. The van der Waals surface area contributed by atoms with Crippen molar-refractivity contribution in [3.8, 4) is 0 Å². The number of carbonyl (C=O) groups is 2. The van der Waals surface area contributed by atoms with Crippen molar-refractivity contribution in [1.29, 1.82) is 0 Å². The molecule has 0 N–H and O–H groups in total. The third-order valence-corrected chi connectivity index (χ3v) is 6.44. The number of hydrogen-bond acceptors (Lipinski definition) is 4. The minimum Gasteiger partial charge on any atom is -0.272 e. The van der Waals surface area contributed by atoms with E-state index in [2.05, 4.69) is 10.2 Å². The van der Waals surface area contributed by atoms with Crippen LogP contribution in [0.3, 0.4) is 0 Å². The maximum absolute atomic E-state index is 14.3. The van der Waals surface area contributed by atoms with E-state index in [1.807, 2.05) is 0 Å². The Kier molecular flexibility index (Phi) is 6.49. The molecular formula is C27H18F6N4O2. The van der Waals surface area contributed by atoms with Gasteiger partial charge in [-0.05, 0) is 29.8 Å². The summed E-state index contributed by atoms with van der Waals surface area (Å²) in [5, 5.41) is 8.09. The number of carbonyl (C=O) groups excluding carboxylic acids is 2. The molecule has 2 amide bonds. The number of hydrogen-bond donors (Lipinski definition) is 0. The van der Waals surface area contributed by atoms with Gasteiger partial charge in [0.15, 0.2) is 11.4 Å². The predicted octanol–water partition coefficient (Wildman–Crippen LogP) is 5.93. The van der Waals surface area contributed by atoms with Gasteiger partial charge in [-0.25, -0.2) is 0 Å². The van der Waals surface area contributed by atoms with E-state index in [1.165, 1.54) is 78.9 Å². The van der Waals surface area contributed by atoms with Crippen LogP contribution < -0.4 is 10.0 Å². The lowest BCUT2D eigenvalue weighted by Crippen LogP contribution is -2.46. The van der Waals surface area contributed by atoms with Gasteiger partial charge in [-0.3, -0.25) is 9.59 Å². The van der Waals surface area contributed by atoms with E-state index in [9.17, 15) is 35.9 Å². The Morgan fingerprint density at radius 3 is 1.23 bits per heavy atom. The monoisotopic (exact) mass is 544 g/mol. The zero-order valence-electron chi connectivity index (χ0n) is 19.8. The van der Waals surface area contributed by atoms with Crippen LogP contribution >= 0.6 is 0 Å². The van der Waals surface area contributed by atoms with E-state index in [0.717, 1.165) is 0 Å². The lowest BCUT2D eigenvalue weighted by atomic mass is 9.72. The average Bonchev–Trinajstić information content (AvgIpc) is 3.44. The molecule has 6 nitrogen and oxygen atoms in total. The Hall–Kier alpha value is -4.48. The third kappa shape index (κ3) is 4.77. The maximum Gasteiger partial charge on any atom is 0.432 e. The van der Waals surface area contributed by atoms with E-state index in [1.54, 1.807) is 12.1 Å². The molecule has 0 fully saturated rings. The maximum atomic E-state index is 14.3. The Morgan fingerprint density at radius 2 is 0.897 bits per heavy atom. The van der Waals surface area contributed by atoms with Crippen LogP contribution in [-0.2, 0) is 9.59 Å². The van der Waals surface area contributed by atoms with Crippen molar-refractivity contribution in [1.82, 2.24) is 0 Å². The summed E-state index contributed by atoms with van der Waals surface area (Å²) in [5.41, 5.74) is -3.29. The summed E-state index contributed by atoms with van der Waals surface area (Å²) in [7, 11) is 0. The zero-order valence-corrected chi connectivity index (χ0v) is 19.8. The second kappa shape index (κ2) is 9.68. The number of amides is 2. The molecule has 0 spiro atoms. The first-order valence-electron chi connectivity index (χ1n) is 11.6. The third-order valence-electron chi connectivity index (χ3n) is 6.44. The zero-order chi connectivity index (χ0) is 27.9. The molecule has 2 heterocycles. The van der Waals surface area contributed by atoms with Crippen molar-refractivity contribution >= 4 is 34.6 Å². The van der Waals surface area contributed by atoms with Gasteiger partial charge in [0, 0.05) is 5.92 Å². The van der Waals surface area contributed by atoms with Crippen LogP contribution in [0.4, 0.5) is 37.7 Å². The summed E-state index contributed by atoms with van der Waals surface area (Å²) in [6, 6.07) is 21.3. The topological polar surface area (TPSA) is 65.3 Å². The number of halogens is 6. The lowest BCUT2D eigenvalue weighted by molar-refractivity contribution is -0.124. The number of anilines is 2. The van der Waals surface area contributed by atoms with Gasteiger partial charge in [-0.1, -0.05) is 66.7 Å². The summed E-state index contributed by atoms with van der Waals surface area (Å²) in [5.74, 6) is -8.87. The van der Waals surface area contributed by atoms with E-state index in [0.29, 0.717) is 10.0 Å². The molecule has 2 aliphatic heterocycles. The molecule has 0 aromatic heterocycles. The van der Waals surface area contributed by atoms with Crippen LogP contribution in [0.15, 0.2) is 101 Å². The standard InChI is InChI=1S/C27H18F6N4O2/c28-26(29,30)22-20(24(38)36(34-22)17-12-6-2-7-13-17)19(16-10-4-1-5-11-16)21-23(27(31,32)33)35-37(25(21)39)18-14-8-3-9-15-18/h1-15,19-21H. The van der Waals surface area contributed by atoms with Gasteiger partial charge in [0.05, 0.1) is 23.2 Å². The number of nitrogens with zero attached hydrogens (tertiary/aromatic N) is 4. The minimum absolute atomic E-state index is 0.00747. The molecule has 39 heavy (non-hydrogen) atoms. The summed E-state index contributed by atoms with van der Waals surface area (Å²) < 4.78 is 86.1. The second-order valence-electron chi connectivity index (χ2n) is 8.83. The van der Waals surface area contributed by atoms with Gasteiger partial charge in [0.25, 0.3) is 11.8 Å². The molecule has 3 aromatic rings. The average molecular weight is 544 g/mol. The fourth-order valence-electron chi connectivity index (χ4n) is 4.81. The van der Waals surface area contributed by atoms with Crippen molar-refractivity contribution < 1.29 is 35.9 Å². The number of benzene rings is 3. The van der Waals surface area contributed by atoms with Crippen LogP contribution in [0.5, 0.6) is 0 Å². The smallest absolute Gasteiger partial charge is 0.272 e. The Labute approximate surface area is 217 Å². The molecular weight excluding hydrogens is 526 g/mol. The van der Waals surface area contributed by atoms with Crippen LogP contribution in [0.25, 0.3) is 0 Å². The first-order valence-corrected chi connectivity index (χ1v) is 11.6. The highest BCUT2D eigenvalue weighted by Gasteiger charge is 2.61. The summed E-state index contributed by atoms with van der Waals surface area (Å²) in [6.45, 7) is 0. The van der Waals surface area contributed by atoms with E-state index in [-0.39, 0.29) is 16.9 Å². The number of alkyl halides is 6. The molecule has 2 unspecified atom stereocenters. The van der Waals surface area contributed by atoms with Crippen LogP contribution in [0, 0.1) is 11.8 Å². The highest BCUT2D eigenvalue weighted by molar-refractivity contribution is 6.22. The van der Waals surface area contributed by atoms with E-state index in [4.69, 9.17) is 0 Å². The van der Waals surface area contributed by atoms with Crippen molar-refractivity contribution in [2.75, 3.05) is 10.0 Å². The predicted molar refractivity (Wildman–Crippen MR) is 131 cm³/mol. The first kappa shape index (κ1) is 26.1. The number of rotatable bonds is 5. The molecule has 0 saturated heterocycles. The normalized spacial score (nSPS) is 20.8. The summed E-state index contributed by atoms with van der Waals surface area (Å²) in [4.78, 5) is 27.2. The molecule has 3 aromatic carbocycles. The fraction of sp³-hybridized carbons (Fsp3) is 0.185. The molecule has 200 valence electrons. The lowest BCUT2D eigenvalue weighted by Gasteiger charge is -2.30. The Bertz CT molecular complexity index is 1350. The van der Waals surface area contributed by atoms with E-state index < -0.39 is 53.3 Å². The summed E-state index contributed by atoms with van der Waals surface area (Å²) >= 11 is 0. The first-order chi connectivity index (χ1) is 18.5. The van der Waals surface area contributed by atoms with Gasteiger partial charge in [-0.2, -0.15) is 46.6 Å². The molecule has 0 radical (unpaired) electrons. The second-order valence-corrected chi connectivity index (χ2v) is 8.83. The van der Waals surface area contributed by atoms with Crippen molar-refractivity contribution in [3.05, 3.63) is 96.6 Å². The molecule has 0 aliphatic carbocycles. The Morgan fingerprint density at radius 1 is 0.564 bits per heavy atom. The minimum atomic E-state index is -5.19. The van der Waals surface area contributed by atoms with Gasteiger partial charge in [0.1, 0.15) is 0 Å². The van der Waals surface area contributed by atoms with Gasteiger partial charge in [-0.15, -0.1) is 0 Å². The summed E-state index contributed by atoms with van der Waals surface area (Å²) in [6.07, 6.45) is -10.4. The molecule has 2 atom stereocenters. The fourth-order valence-corrected chi connectivity index (χ4v) is 4.81. The largest absolute Gasteiger partial charge is 0.432 e. The molecule has 2 aliphatic rings. The van der Waals surface area contributed by atoms with E-state index >= 15 is 0 Å². The van der Waals surface area contributed by atoms with Crippen LogP contribution in [-0.4, -0.2) is 35.6 Å². The van der Waals surface area contributed by atoms with Crippen molar-refractivity contribution in [3.63, 3.8) is 0 Å². The highest BCUT2D eigenvalue weighted by Crippen LogP contribution is 2.47. The van der Waals surface area contributed by atoms with Crippen molar-refractivity contribution in [2.45, 2.75) is 18.3 Å². The van der Waals surface area contributed by atoms with Crippen molar-refractivity contribution in [2.24, 2.45) is 22.0 Å². The van der Waals surface area contributed by atoms with Crippen LogP contribution in [0.1, 0.15) is 11.5 Å². The highest BCUT2D eigenvalue weighted by atomic mass is 19.4. The van der Waals surface area contributed by atoms with Gasteiger partial charge >= 0.3 is 12.4 Å². The molecule has 5 rings (SSSR count). The Balaban J connectivity index is 1.70. The molecule has 0 saturated carbocycles. The van der Waals surface area contributed by atoms with Gasteiger partial charge < -0.3 is 0 Å². The van der Waals surface area contributed by atoms with Gasteiger partial charge in [0.2, 0.25) is 0 Å². The SMILES string of the molecule is O=C1C(C(c2ccccc2)C2C(=O)N(c3ccccc3)N=C2C(F)(F)F)C(C(F)(F)F)=NN1c1ccccc1.